The molecular weight excluding hydrogens is 366 g/mol. The molecule has 0 saturated heterocycles. The Labute approximate surface area is 168 Å². The van der Waals surface area contributed by atoms with Gasteiger partial charge in [0.25, 0.3) is 5.91 Å². The van der Waals surface area contributed by atoms with Gasteiger partial charge in [-0.05, 0) is 55.0 Å². The van der Waals surface area contributed by atoms with Gasteiger partial charge >= 0.3 is 0 Å². The summed E-state index contributed by atoms with van der Waals surface area (Å²) in [7, 11) is 0. The number of aromatic hydroxyl groups is 1. The summed E-state index contributed by atoms with van der Waals surface area (Å²) in [5.74, 6) is -0.276. The molecule has 0 fully saturated rings. The van der Waals surface area contributed by atoms with Crippen LogP contribution in [0.3, 0.4) is 0 Å². The Kier molecular flexibility index (Phi) is 6.67. The number of benzene rings is 3. The monoisotopic (exact) mass is 387 g/mol. The molecule has 0 aromatic heterocycles. The van der Waals surface area contributed by atoms with E-state index in [0.717, 1.165) is 16.9 Å². The Hall–Kier alpha value is -4.00. The molecule has 3 aromatic rings. The molecular formula is C22H21N5O2. The Bertz CT molecular complexity index is 1030. The molecule has 3 aromatic carbocycles. The van der Waals surface area contributed by atoms with Crippen molar-refractivity contribution in [1.29, 1.82) is 0 Å². The molecule has 7 nitrogen and oxygen atoms in total. The summed E-state index contributed by atoms with van der Waals surface area (Å²) in [6, 6.07) is 21.8. The number of carbonyl (C=O) groups excluding carboxylic acids is 1. The van der Waals surface area contributed by atoms with E-state index in [9.17, 15) is 9.90 Å². The first-order valence-corrected chi connectivity index (χ1v) is 9.02. The SMILES string of the molecule is Cc1cccc(NCC(=O)N/N=C\c2cc(N=Nc3ccccc3)ccc2O)c1. The molecule has 146 valence electrons. The highest BCUT2D eigenvalue weighted by Crippen LogP contribution is 2.23. The summed E-state index contributed by atoms with van der Waals surface area (Å²) in [6.45, 7) is 2.06. The van der Waals surface area contributed by atoms with E-state index >= 15 is 0 Å². The van der Waals surface area contributed by atoms with Crippen molar-refractivity contribution in [3.63, 3.8) is 0 Å². The van der Waals surface area contributed by atoms with Crippen LogP contribution >= 0.6 is 0 Å². The molecule has 0 unspecified atom stereocenters. The van der Waals surface area contributed by atoms with Crippen molar-refractivity contribution < 1.29 is 9.90 Å². The first-order valence-electron chi connectivity index (χ1n) is 9.02. The van der Waals surface area contributed by atoms with Crippen molar-refractivity contribution in [1.82, 2.24) is 5.43 Å². The topological polar surface area (TPSA) is 98.4 Å². The standard InChI is InChI=1S/C22H21N5O2/c1-16-6-5-9-19(12-16)23-15-22(29)27-24-14-17-13-20(10-11-21(17)28)26-25-18-7-3-2-4-8-18/h2-14,23,28H,15H2,1H3,(H,27,29)/b24-14-,26-25?. The van der Waals surface area contributed by atoms with E-state index in [-0.39, 0.29) is 18.2 Å². The van der Waals surface area contributed by atoms with E-state index < -0.39 is 0 Å². The van der Waals surface area contributed by atoms with Crippen molar-refractivity contribution >= 4 is 29.2 Å². The van der Waals surface area contributed by atoms with Crippen LogP contribution in [0.15, 0.2) is 88.1 Å². The minimum atomic E-state index is -0.304. The Balaban J connectivity index is 1.56. The Morgan fingerprint density at radius 1 is 0.966 bits per heavy atom. The Morgan fingerprint density at radius 3 is 2.55 bits per heavy atom. The van der Waals surface area contributed by atoms with Gasteiger partial charge in [0, 0.05) is 11.3 Å². The number of anilines is 1. The average Bonchev–Trinajstić information content (AvgIpc) is 2.73. The number of rotatable bonds is 7. The van der Waals surface area contributed by atoms with Gasteiger partial charge in [0.15, 0.2) is 0 Å². The van der Waals surface area contributed by atoms with E-state index in [1.54, 1.807) is 12.1 Å². The molecule has 0 atom stereocenters. The van der Waals surface area contributed by atoms with Crippen molar-refractivity contribution in [2.45, 2.75) is 6.92 Å². The van der Waals surface area contributed by atoms with Crippen LogP contribution in [0.25, 0.3) is 0 Å². The maximum Gasteiger partial charge on any atom is 0.259 e. The lowest BCUT2D eigenvalue weighted by molar-refractivity contribution is -0.119. The first-order chi connectivity index (χ1) is 14.1. The molecule has 0 aliphatic carbocycles. The average molecular weight is 387 g/mol. The van der Waals surface area contributed by atoms with Crippen molar-refractivity contribution in [2.24, 2.45) is 15.3 Å². The summed E-state index contributed by atoms with van der Waals surface area (Å²) in [5.41, 5.74) is 6.09. The molecule has 0 spiro atoms. The van der Waals surface area contributed by atoms with Gasteiger partial charge in [-0.15, -0.1) is 0 Å². The van der Waals surface area contributed by atoms with E-state index in [4.69, 9.17) is 0 Å². The minimum Gasteiger partial charge on any atom is -0.507 e. The smallest absolute Gasteiger partial charge is 0.259 e. The van der Waals surface area contributed by atoms with E-state index in [1.165, 1.54) is 12.3 Å². The number of nitrogens with zero attached hydrogens (tertiary/aromatic N) is 3. The van der Waals surface area contributed by atoms with Gasteiger partial charge in [0.1, 0.15) is 5.75 Å². The number of azo groups is 1. The number of phenolic OH excluding ortho intramolecular Hbond substituents is 1. The fourth-order valence-corrected chi connectivity index (χ4v) is 2.47. The molecule has 0 aliphatic heterocycles. The number of carbonyl (C=O) groups is 1. The van der Waals surface area contributed by atoms with Gasteiger partial charge in [-0.1, -0.05) is 30.3 Å². The molecule has 0 radical (unpaired) electrons. The summed E-state index contributed by atoms with van der Waals surface area (Å²) in [5, 5.41) is 25.2. The lowest BCUT2D eigenvalue weighted by Crippen LogP contribution is -2.25. The highest BCUT2D eigenvalue weighted by molar-refractivity contribution is 5.87. The first kappa shape index (κ1) is 19.8. The second-order valence-electron chi connectivity index (χ2n) is 6.29. The molecule has 0 bridgehead atoms. The van der Waals surface area contributed by atoms with Crippen LogP contribution in [0, 0.1) is 6.92 Å². The number of aryl methyl sites for hydroxylation is 1. The lowest BCUT2D eigenvalue weighted by Gasteiger charge is -2.06. The quantitative estimate of drug-likeness (QED) is 0.312. The van der Waals surface area contributed by atoms with Crippen LogP contribution in [-0.4, -0.2) is 23.8 Å². The molecule has 3 rings (SSSR count). The van der Waals surface area contributed by atoms with Crippen molar-refractivity contribution in [3.05, 3.63) is 83.9 Å². The number of hydrogen-bond donors (Lipinski definition) is 3. The van der Waals surface area contributed by atoms with Gasteiger partial charge in [-0.2, -0.15) is 15.3 Å². The van der Waals surface area contributed by atoms with Crippen LogP contribution < -0.4 is 10.7 Å². The van der Waals surface area contributed by atoms with E-state index in [2.05, 4.69) is 26.1 Å². The minimum absolute atomic E-state index is 0.0274. The van der Waals surface area contributed by atoms with E-state index in [1.807, 2.05) is 61.5 Å². The molecule has 7 heteroatoms. The number of hydrogen-bond acceptors (Lipinski definition) is 6. The number of hydrazone groups is 1. The Morgan fingerprint density at radius 2 is 1.76 bits per heavy atom. The largest absolute Gasteiger partial charge is 0.507 e. The van der Waals surface area contributed by atoms with Gasteiger partial charge < -0.3 is 10.4 Å². The summed E-state index contributed by atoms with van der Waals surface area (Å²) < 4.78 is 0. The zero-order chi connectivity index (χ0) is 20.5. The zero-order valence-electron chi connectivity index (χ0n) is 15.9. The fraction of sp³-hybridized carbons (Fsp3) is 0.0909. The summed E-state index contributed by atoms with van der Waals surface area (Å²) in [4.78, 5) is 11.9. The maximum absolute atomic E-state index is 11.9. The predicted octanol–water partition coefficient (Wildman–Crippen LogP) is 4.68. The van der Waals surface area contributed by atoms with Gasteiger partial charge in [-0.25, -0.2) is 5.43 Å². The molecule has 0 saturated carbocycles. The third kappa shape index (κ3) is 6.28. The number of phenols is 1. The normalized spacial score (nSPS) is 11.1. The van der Waals surface area contributed by atoms with Crippen molar-refractivity contribution in [2.75, 3.05) is 11.9 Å². The third-order valence-corrected chi connectivity index (χ3v) is 3.91. The molecule has 3 N–H and O–H groups in total. The number of amides is 1. The van der Waals surface area contributed by atoms with Crippen LogP contribution in [0.4, 0.5) is 17.1 Å². The molecule has 29 heavy (non-hydrogen) atoms. The zero-order valence-corrected chi connectivity index (χ0v) is 15.9. The highest BCUT2D eigenvalue weighted by atomic mass is 16.3. The predicted molar refractivity (Wildman–Crippen MR) is 114 cm³/mol. The van der Waals surface area contributed by atoms with Gasteiger partial charge in [0.2, 0.25) is 0 Å². The van der Waals surface area contributed by atoms with Crippen molar-refractivity contribution in [3.8, 4) is 5.75 Å². The highest BCUT2D eigenvalue weighted by Gasteiger charge is 2.02. The van der Waals surface area contributed by atoms with Gasteiger partial charge in [0.05, 0.1) is 24.1 Å². The second-order valence-corrected chi connectivity index (χ2v) is 6.29. The summed E-state index contributed by atoms with van der Waals surface area (Å²) >= 11 is 0. The van der Waals surface area contributed by atoms with Gasteiger partial charge in [-0.3, -0.25) is 4.79 Å². The lowest BCUT2D eigenvalue weighted by atomic mass is 10.2. The fourth-order valence-electron chi connectivity index (χ4n) is 2.47. The molecule has 0 heterocycles. The molecule has 1 amide bonds. The van der Waals surface area contributed by atoms with Crippen LogP contribution in [0.2, 0.25) is 0 Å². The molecule has 0 aliphatic rings. The summed E-state index contributed by atoms with van der Waals surface area (Å²) in [6.07, 6.45) is 1.36. The van der Waals surface area contributed by atoms with E-state index in [0.29, 0.717) is 11.3 Å². The third-order valence-electron chi connectivity index (χ3n) is 3.91. The second kappa shape index (κ2) is 9.80. The van der Waals surface area contributed by atoms with Crippen LogP contribution in [0.5, 0.6) is 5.75 Å². The maximum atomic E-state index is 11.9. The number of nitrogens with one attached hydrogen (secondary N) is 2. The van der Waals surface area contributed by atoms with Crippen LogP contribution in [0.1, 0.15) is 11.1 Å². The van der Waals surface area contributed by atoms with Crippen LogP contribution in [-0.2, 0) is 4.79 Å².